The molecule has 9 rings (SSSR count). The Hall–Kier alpha value is -3.48. The van der Waals surface area contributed by atoms with Gasteiger partial charge in [-0.05, 0) is 128 Å². The van der Waals surface area contributed by atoms with E-state index in [4.69, 9.17) is 9.97 Å². The molecule has 4 heterocycles. The first-order chi connectivity index (χ1) is 20.2. The fourth-order valence-electron chi connectivity index (χ4n) is 8.49. The van der Waals surface area contributed by atoms with Gasteiger partial charge in [0.05, 0.1) is 34.2 Å². The maximum atomic E-state index is 4.94. The van der Waals surface area contributed by atoms with Crippen LogP contribution >= 0.6 is 0 Å². The lowest BCUT2D eigenvalue weighted by Gasteiger charge is -2.22. The van der Waals surface area contributed by atoms with E-state index in [-0.39, 0.29) is 0 Å². The van der Waals surface area contributed by atoms with E-state index in [1.807, 2.05) is 0 Å². The zero-order valence-electron chi connectivity index (χ0n) is 23.7. The van der Waals surface area contributed by atoms with Crippen LogP contribution in [0.15, 0.2) is 48.5 Å². The SMILES string of the molecule is c1cc2nc(C3CCCN3)[nH]c2cc1-c1ccc(-c2ccc3nc(C4CCCN4)[nH]c3c2)c2c1CC1(CCCC1)C2. The summed E-state index contributed by atoms with van der Waals surface area (Å²) in [5.74, 6) is 2.17. The highest BCUT2D eigenvalue weighted by Crippen LogP contribution is 2.53. The molecule has 0 bridgehead atoms. The van der Waals surface area contributed by atoms with Crippen molar-refractivity contribution in [2.24, 2.45) is 5.41 Å². The number of imidazole rings is 2. The van der Waals surface area contributed by atoms with Crippen LogP contribution in [-0.2, 0) is 12.8 Å². The lowest BCUT2D eigenvalue weighted by molar-refractivity contribution is 0.318. The molecule has 1 saturated carbocycles. The van der Waals surface area contributed by atoms with Gasteiger partial charge < -0.3 is 20.6 Å². The molecule has 2 saturated heterocycles. The van der Waals surface area contributed by atoms with Crippen LogP contribution in [0.1, 0.15) is 86.2 Å². The summed E-state index contributed by atoms with van der Waals surface area (Å²) in [5.41, 5.74) is 13.4. The van der Waals surface area contributed by atoms with E-state index in [0.717, 1.165) is 59.6 Å². The van der Waals surface area contributed by atoms with Gasteiger partial charge in [-0.15, -0.1) is 0 Å². The number of nitrogens with one attached hydrogen (secondary N) is 4. The van der Waals surface area contributed by atoms with Crippen LogP contribution in [-0.4, -0.2) is 33.0 Å². The second-order valence-corrected chi connectivity index (χ2v) is 13.2. The van der Waals surface area contributed by atoms with E-state index >= 15 is 0 Å². The third-order valence-corrected chi connectivity index (χ3v) is 10.6. The van der Waals surface area contributed by atoms with Crippen molar-refractivity contribution in [2.75, 3.05) is 13.1 Å². The molecule has 0 radical (unpaired) electrons. The molecule has 0 amide bonds. The summed E-state index contributed by atoms with van der Waals surface area (Å²) in [6.45, 7) is 2.17. The molecule has 6 nitrogen and oxygen atoms in total. The molecule has 2 atom stereocenters. The number of fused-ring (bicyclic) bond motifs is 3. The number of rotatable bonds is 4. The van der Waals surface area contributed by atoms with Gasteiger partial charge in [-0.3, -0.25) is 0 Å². The fourth-order valence-corrected chi connectivity index (χ4v) is 8.49. The number of hydrogen-bond donors (Lipinski definition) is 4. The quantitative estimate of drug-likeness (QED) is 0.192. The minimum atomic E-state index is 0.356. The van der Waals surface area contributed by atoms with Crippen LogP contribution in [0, 0.1) is 5.41 Å². The lowest BCUT2D eigenvalue weighted by Crippen LogP contribution is -2.15. The Balaban J connectivity index is 1.13. The molecule has 2 unspecified atom stereocenters. The van der Waals surface area contributed by atoms with Crippen molar-refractivity contribution < 1.29 is 0 Å². The number of H-pyrrole nitrogens is 2. The van der Waals surface area contributed by atoms with Crippen molar-refractivity contribution in [2.45, 2.75) is 76.3 Å². The van der Waals surface area contributed by atoms with Gasteiger partial charge in [-0.2, -0.15) is 0 Å². The maximum absolute atomic E-state index is 4.94. The molecule has 4 aliphatic rings. The largest absolute Gasteiger partial charge is 0.341 e. The third-order valence-electron chi connectivity index (χ3n) is 10.6. The number of benzene rings is 3. The molecular formula is C35H38N6. The molecular weight excluding hydrogens is 504 g/mol. The summed E-state index contributed by atoms with van der Waals surface area (Å²) < 4.78 is 0. The predicted molar refractivity (Wildman–Crippen MR) is 165 cm³/mol. The fraction of sp³-hybridized carbons (Fsp3) is 0.429. The van der Waals surface area contributed by atoms with Crippen LogP contribution in [0.4, 0.5) is 0 Å². The van der Waals surface area contributed by atoms with Crippen LogP contribution in [0.25, 0.3) is 44.3 Å². The molecule has 2 aliphatic carbocycles. The molecule has 1 spiro atoms. The van der Waals surface area contributed by atoms with E-state index in [0.29, 0.717) is 17.5 Å². The second-order valence-electron chi connectivity index (χ2n) is 13.2. The first kappa shape index (κ1) is 24.2. The molecule has 3 aromatic carbocycles. The Morgan fingerprint density at radius 1 is 0.610 bits per heavy atom. The van der Waals surface area contributed by atoms with E-state index in [9.17, 15) is 0 Å². The van der Waals surface area contributed by atoms with Crippen LogP contribution in [0.2, 0.25) is 0 Å². The first-order valence-electron chi connectivity index (χ1n) is 15.8. The van der Waals surface area contributed by atoms with Crippen LogP contribution < -0.4 is 10.6 Å². The molecule has 4 N–H and O–H groups in total. The maximum Gasteiger partial charge on any atom is 0.124 e. The summed E-state index contributed by atoms with van der Waals surface area (Å²) in [4.78, 5) is 17.2. The van der Waals surface area contributed by atoms with Crippen molar-refractivity contribution in [3.8, 4) is 22.3 Å². The molecule has 5 aromatic rings. The van der Waals surface area contributed by atoms with E-state index in [1.165, 1.54) is 73.6 Å². The second kappa shape index (κ2) is 9.27. The third kappa shape index (κ3) is 3.98. The van der Waals surface area contributed by atoms with Gasteiger partial charge in [0.25, 0.3) is 0 Å². The standard InChI is InChI=1S/C35H38N6/c1-2-14-35(13-1)19-25-23(21-7-11-27-31(17-21)40-33(38-27)29-5-3-15-36-29)9-10-24(26(25)20-35)22-8-12-28-32(18-22)41-34(39-28)30-6-4-16-37-30/h7-12,17-18,29-30,36-37H,1-6,13-16,19-20H2,(H,38,40)(H,39,41). The van der Waals surface area contributed by atoms with Crippen molar-refractivity contribution in [3.63, 3.8) is 0 Å². The summed E-state index contributed by atoms with van der Waals surface area (Å²) in [6.07, 6.45) is 12.6. The summed E-state index contributed by atoms with van der Waals surface area (Å²) in [7, 11) is 0. The van der Waals surface area contributed by atoms with Crippen LogP contribution in [0.5, 0.6) is 0 Å². The minimum Gasteiger partial charge on any atom is -0.341 e. The predicted octanol–water partition coefficient (Wildman–Crippen LogP) is 7.28. The molecule has 6 heteroatoms. The number of aromatic amines is 2. The topological polar surface area (TPSA) is 81.4 Å². The van der Waals surface area contributed by atoms with Gasteiger partial charge in [-0.25, -0.2) is 9.97 Å². The minimum absolute atomic E-state index is 0.356. The van der Waals surface area contributed by atoms with Gasteiger partial charge in [0.15, 0.2) is 0 Å². The van der Waals surface area contributed by atoms with Crippen LogP contribution in [0.3, 0.4) is 0 Å². The zero-order chi connectivity index (χ0) is 27.0. The Morgan fingerprint density at radius 3 is 1.59 bits per heavy atom. The summed E-state index contributed by atoms with van der Waals surface area (Å²) in [5, 5.41) is 7.17. The number of aromatic nitrogens is 4. The first-order valence-corrected chi connectivity index (χ1v) is 15.8. The summed E-state index contributed by atoms with van der Waals surface area (Å²) in [6, 6.07) is 19.2. The highest BCUT2D eigenvalue weighted by molar-refractivity contribution is 5.87. The average molecular weight is 543 g/mol. The van der Waals surface area contributed by atoms with Crippen molar-refractivity contribution >= 4 is 22.1 Å². The van der Waals surface area contributed by atoms with Gasteiger partial charge in [0.1, 0.15) is 11.6 Å². The van der Waals surface area contributed by atoms with E-state index in [2.05, 4.69) is 69.1 Å². The van der Waals surface area contributed by atoms with E-state index in [1.54, 1.807) is 11.1 Å². The van der Waals surface area contributed by atoms with Crippen molar-refractivity contribution in [3.05, 3.63) is 71.3 Å². The Morgan fingerprint density at radius 2 is 1.12 bits per heavy atom. The van der Waals surface area contributed by atoms with Crippen molar-refractivity contribution in [1.82, 2.24) is 30.6 Å². The van der Waals surface area contributed by atoms with Gasteiger partial charge >= 0.3 is 0 Å². The number of hydrogen-bond acceptors (Lipinski definition) is 4. The van der Waals surface area contributed by atoms with Crippen molar-refractivity contribution in [1.29, 1.82) is 0 Å². The van der Waals surface area contributed by atoms with Gasteiger partial charge in [-0.1, -0.05) is 37.1 Å². The Kier molecular flexibility index (Phi) is 5.46. The van der Waals surface area contributed by atoms with Gasteiger partial charge in [0, 0.05) is 0 Å². The molecule has 2 aromatic heterocycles. The molecule has 208 valence electrons. The summed E-state index contributed by atoms with van der Waals surface area (Å²) >= 11 is 0. The lowest BCUT2D eigenvalue weighted by atomic mass is 9.82. The monoisotopic (exact) mass is 542 g/mol. The van der Waals surface area contributed by atoms with Gasteiger partial charge in [0.2, 0.25) is 0 Å². The zero-order valence-corrected chi connectivity index (χ0v) is 23.7. The number of nitrogens with zero attached hydrogens (tertiary/aromatic N) is 2. The highest BCUT2D eigenvalue weighted by atomic mass is 15.0. The molecule has 41 heavy (non-hydrogen) atoms. The smallest absolute Gasteiger partial charge is 0.124 e. The normalized spacial score (nSPS) is 23.4. The molecule has 3 fully saturated rings. The Bertz CT molecular complexity index is 1650. The molecule has 2 aliphatic heterocycles. The highest BCUT2D eigenvalue weighted by Gasteiger charge is 2.41. The van der Waals surface area contributed by atoms with E-state index < -0.39 is 0 Å². The Labute approximate surface area is 240 Å². The average Bonchev–Trinajstić information content (AvgIpc) is 3.83.